The number of carbonyl (C=O) groups excluding carboxylic acids is 1. The zero-order valence-corrected chi connectivity index (χ0v) is 12.6. The summed E-state index contributed by atoms with van der Waals surface area (Å²) in [5, 5.41) is 5.69. The highest BCUT2D eigenvalue weighted by molar-refractivity contribution is 6.30. The summed E-state index contributed by atoms with van der Waals surface area (Å²) >= 11 is 5.72. The third-order valence-corrected chi connectivity index (χ3v) is 3.21. The number of halogens is 1. The highest BCUT2D eigenvalue weighted by atomic mass is 35.5. The molecule has 110 valence electrons. The molecule has 21 heavy (non-hydrogen) atoms. The molecule has 0 atom stereocenters. The topological polar surface area (TPSA) is 63.2 Å². The Balaban J connectivity index is 1.81. The number of pyridine rings is 1. The summed E-state index contributed by atoms with van der Waals surface area (Å²) in [4.78, 5) is 15.6. The fourth-order valence-corrected chi connectivity index (χ4v) is 1.78. The Hall–Kier alpha value is -2.27. The Morgan fingerprint density at radius 3 is 2.81 bits per heavy atom. The number of hydrogen-bond acceptors (Lipinski definition) is 3. The average Bonchev–Trinajstić information content (AvgIpc) is 2.46. The van der Waals surface area contributed by atoms with Crippen molar-refractivity contribution in [2.24, 2.45) is 0 Å². The van der Waals surface area contributed by atoms with E-state index in [1.807, 2.05) is 32.0 Å². The van der Waals surface area contributed by atoms with Gasteiger partial charge < -0.3 is 10.1 Å². The van der Waals surface area contributed by atoms with E-state index >= 15 is 0 Å². The molecule has 2 rings (SSSR count). The standard InChI is InChI=1S/C15H16ClN3O2/c1-10-4-3-5-13(11(10)2)21-9-18-15(20)19-14-7-6-12(16)8-17-14/h3-8H,9H2,1-2H3,(H2,17,18,19,20). The van der Waals surface area contributed by atoms with Crippen molar-refractivity contribution >= 4 is 23.4 Å². The third kappa shape index (κ3) is 4.36. The summed E-state index contributed by atoms with van der Waals surface area (Å²) in [5.74, 6) is 1.17. The molecule has 0 unspecified atom stereocenters. The Morgan fingerprint density at radius 2 is 2.10 bits per heavy atom. The van der Waals surface area contributed by atoms with Crippen LogP contribution in [0.3, 0.4) is 0 Å². The number of nitrogens with one attached hydrogen (secondary N) is 2. The largest absolute Gasteiger partial charge is 0.473 e. The molecule has 2 aromatic rings. The number of carbonyl (C=O) groups is 1. The van der Waals surface area contributed by atoms with Crippen molar-refractivity contribution in [1.29, 1.82) is 0 Å². The molecule has 0 saturated carbocycles. The Bertz CT molecular complexity index is 629. The zero-order valence-electron chi connectivity index (χ0n) is 11.8. The van der Waals surface area contributed by atoms with E-state index in [9.17, 15) is 4.79 Å². The molecule has 0 bridgehead atoms. The number of benzene rings is 1. The Kier molecular flexibility index (Phi) is 5.00. The minimum atomic E-state index is -0.393. The van der Waals surface area contributed by atoms with Gasteiger partial charge in [-0.15, -0.1) is 0 Å². The van der Waals surface area contributed by atoms with Crippen molar-refractivity contribution in [3.8, 4) is 5.75 Å². The predicted molar refractivity (Wildman–Crippen MR) is 82.8 cm³/mol. The molecule has 1 aromatic carbocycles. The van der Waals surface area contributed by atoms with Crippen LogP contribution in [0, 0.1) is 13.8 Å². The fourth-order valence-electron chi connectivity index (χ4n) is 1.67. The molecule has 6 heteroatoms. The van der Waals surface area contributed by atoms with E-state index in [0.29, 0.717) is 10.8 Å². The fraction of sp³-hybridized carbons (Fsp3) is 0.200. The molecule has 0 aliphatic heterocycles. The maximum atomic E-state index is 11.7. The van der Waals surface area contributed by atoms with Gasteiger partial charge in [0.2, 0.25) is 0 Å². The van der Waals surface area contributed by atoms with Gasteiger partial charge >= 0.3 is 6.03 Å². The van der Waals surface area contributed by atoms with E-state index in [1.165, 1.54) is 6.20 Å². The van der Waals surface area contributed by atoms with E-state index < -0.39 is 6.03 Å². The van der Waals surface area contributed by atoms with Gasteiger partial charge in [-0.2, -0.15) is 0 Å². The normalized spacial score (nSPS) is 10.0. The number of ether oxygens (including phenoxy) is 1. The summed E-state index contributed by atoms with van der Waals surface area (Å²) < 4.78 is 5.53. The second-order valence-corrected chi connectivity index (χ2v) is 4.92. The molecule has 0 radical (unpaired) electrons. The number of anilines is 1. The van der Waals surface area contributed by atoms with E-state index in [4.69, 9.17) is 16.3 Å². The van der Waals surface area contributed by atoms with Crippen molar-refractivity contribution in [3.05, 3.63) is 52.7 Å². The van der Waals surface area contributed by atoms with Crippen LogP contribution >= 0.6 is 11.6 Å². The minimum Gasteiger partial charge on any atom is -0.473 e. The molecule has 0 aliphatic carbocycles. The Morgan fingerprint density at radius 1 is 1.29 bits per heavy atom. The monoisotopic (exact) mass is 305 g/mol. The van der Waals surface area contributed by atoms with Crippen LogP contribution in [0.4, 0.5) is 10.6 Å². The van der Waals surface area contributed by atoms with E-state index in [1.54, 1.807) is 12.1 Å². The van der Waals surface area contributed by atoms with E-state index in [-0.39, 0.29) is 6.73 Å². The van der Waals surface area contributed by atoms with Crippen LogP contribution in [-0.4, -0.2) is 17.7 Å². The van der Waals surface area contributed by atoms with Crippen LogP contribution in [0.1, 0.15) is 11.1 Å². The second-order valence-electron chi connectivity index (χ2n) is 4.48. The number of amides is 2. The molecular formula is C15H16ClN3O2. The number of urea groups is 1. The molecule has 0 saturated heterocycles. The van der Waals surface area contributed by atoms with Crippen LogP contribution in [-0.2, 0) is 0 Å². The first-order valence-electron chi connectivity index (χ1n) is 6.41. The number of aromatic nitrogens is 1. The lowest BCUT2D eigenvalue weighted by molar-refractivity contribution is 0.234. The van der Waals surface area contributed by atoms with Crippen molar-refractivity contribution in [1.82, 2.24) is 10.3 Å². The number of hydrogen-bond donors (Lipinski definition) is 2. The minimum absolute atomic E-state index is 0.0731. The lowest BCUT2D eigenvalue weighted by atomic mass is 10.1. The quantitative estimate of drug-likeness (QED) is 0.850. The van der Waals surface area contributed by atoms with Gasteiger partial charge in [-0.05, 0) is 43.2 Å². The van der Waals surface area contributed by atoms with Crippen molar-refractivity contribution < 1.29 is 9.53 Å². The number of nitrogens with zero attached hydrogens (tertiary/aromatic N) is 1. The van der Waals surface area contributed by atoms with Gasteiger partial charge in [-0.25, -0.2) is 9.78 Å². The molecule has 1 aromatic heterocycles. The average molecular weight is 306 g/mol. The van der Waals surface area contributed by atoms with Crippen LogP contribution < -0.4 is 15.4 Å². The lowest BCUT2D eigenvalue weighted by Crippen LogP contribution is -2.32. The van der Waals surface area contributed by atoms with Gasteiger partial charge in [0.1, 0.15) is 11.6 Å². The second kappa shape index (κ2) is 6.95. The van der Waals surface area contributed by atoms with Gasteiger partial charge in [0, 0.05) is 6.20 Å². The molecule has 5 nitrogen and oxygen atoms in total. The molecule has 0 aliphatic rings. The first-order chi connectivity index (χ1) is 10.1. The highest BCUT2D eigenvalue weighted by Crippen LogP contribution is 2.20. The van der Waals surface area contributed by atoms with Crippen LogP contribution in [0.15, 0.2) is 36.5 Å². The maximum Gasteiger partial charge on any atom is 0.323 e. The van der Waals surface area contributed by atoms with Crippen molar-refractivity contribution in [2.75, 3.05) is 12.0 Å². The van der Waals surface area contributed by atoms with Crippen molar-refractivity contribution in [3.63, 3.8) is 0 Å². The lowest BCUT2D eigenvalue weighted by Gasteiger charge is -2.12. The van der Waals surface area contributed by atoms with Gasteiger partial charge in [0.05, 0.1) is 5.02 Å². The van der Waals surface area contributed by atoms with Gasteiger partial charge in [-0.3, -0.25) is 5.32 Å². The molecule has 0 spiro atoms. The highest BCUT2D eigenvalue weighted by Gasteiger charge is 2.04. The summed E-state index contributed by atoms with van der Waals surface area (Å²) in [6.45, 7) is 4.06. The zero-order chi connectivity index (χ0) is 15.2. The van der Waals surface area contributed by atoms with E-state index in [2.05, 4.69) is 15.6 Å². The smallest absolute Gasteiger partial charge is 0.323 e. The SMILES string of the molecule is Cc1cccc(OCNC(=O)Nc2ccc(Cl)cn2)c1C. The number of aryl methyl sites for hydroxylation is 1. The van der Waals surface area contributed by atoms with Gasteiger partial charge in [0.15, 0.2) is 6.73 Å². The van der Waals surface area contributed by atoms with Crippen LogP contribution in [0.25, 0.3) is 0 Å². The van der Waals surface area contributed by atoms with Crippen molar-refractivity contribution in [2.45, 2.75) is 13.8 Å². The molecule has 2 amide bonds. The molecular weight excluding hydrogens is 290 g/mol. The first-order valence-corrected chi connectivity index (χ1v) is 6.79. The molecule has 1 heterocycles. The van der Waals surface area contributed by atoms with Gasteiger partial charge in [-0.1, -0.05) is 23.7 Å². The third-order valence-electron chi connectivity index (χ3n) is 2.98. The summed E-state index contributed by atoms with van der Waals surface area (Å²) in [6, 6.07) is 8.66. The van der Waals surface area contributed by atoms with E-state index in [0.717, 1.165) is 16.9 Å². The first kappa shape index (κ1) is 15.1. The Labute approximate surface area is 128 Å². The van der Waals surface area contributed by atoms with Crippen LogP contribution in [0.2, 0.25) is 5.02 Å². The molecule has 0 fully saturated rings. The number of rotatable bonds is 4. The summed E-state index contributed by atoms with van der Waals surface area (Å²) in [7, 11) is 0. The van der Waals surface area contributed by atoms with Gasteiger partial charge in [0.25, 0.3) is 0 Å². The molecule has 2 N–H and O–H groups in total. The predicted octanol–water partition coefficient (Wildman–Crippen LogP) is 3.51. The van der Waals surface area contributed by atoms with Crippen LogP contribution in [0.5, 0.6) is 5.75 Å². The summed E-state index contributed by atoms with van der Waals surface area (Å²) in [6.07, 6.45) is 1.46. The summed E-state index contributed by atoms with van der Waals surface area (Å²) in [5.41, 5.74) is 2.20. The maximum absolute atomic E-state index is 11.7.